The average molecular weight is 366 g/mol. The smallest absolute Gasteiger partial charge is 0.230 e. The van der Waals surface area contributed by atoms with Crippen LogP contribution in [0.3, 0.4) is 0 Å². The van der Waals surface area contributed by atoms with Crippen LogP contribution in [-0.2, 0) is 9.59 Å². The summed E-state index contributed by atoms with van der Waals surface area (Å²) in [5.74, 6) is 0.380. The lowest BCUT2D eigenvalue weighted by Gasteiger charge is -2.32. The molecule has 0 unspecified atom stereocenters. The van der Waals surface area contributed by atoms with Crippen LogP contribution in [0.15, 0.2) is 35.5 Å². The number of anilines is 1. The SMILES string of the molecule is C=CCCC(=O)N1CCC[C@H](C(=O)Nc2ccc(Br)cn2)C1. The molecule has 0 aliphatic carbocycles. The van der Waals surface area contributed by atoms with Crippen LogP contribution in [0.4, 0.5) is 5.82 Å². The summed E-state index contributed by atoms with van der Waals surface area (Å²) >= 11 is 3.31. The second-order valence-electron chi connectivity index (χ2n) is 5.36. The lowest BCUT2D eigenvalue weighted by atomic mass is 9.96. The number of hydrogen-bond donors (Lipinski definition) is 1. The van der Waals surface area contributed by atoms with E-state index in [9.17, 15) is 9.59 Å². The molecule has 0 radical (unpaired) electrons. The molecule has 0 aromatic carbocycles. The zero-order valence-electron chi connectivity index (χ0n) is 12.4. The van der Waals surface area contributed by atoms with Crippen LogP contribution in [0.5, 0.6) is 0 Å². The van der Waals surface area contributed by atoms with Crippen molar-refractivity contribution in [1.82, 2.24) is 9.88 Å². The maximum Gasteiger partial charge on any atom is 0.230 e. The molecule has 1 aliphatic heterocycles. The van der Waals surface area contributed by atoms with Crippen molar-refractivity contribution in [2.45, 2.75) is 25.7 Å². The van der Waals surface area contributed by atoms with Crippen molar-refractivity contribution in [1.29, 1.82) is 0 Å². The number of piperidine rings is 1. The fourth-order valence-electron chi connectivity index (χ4n) is 2.48. The van der Waals surface area contributed by atoms with Gasteiger partial charge in [0.1, 0.15) is 5.82 Å². The predicted octanol–water partition coefficient (Wildman–Crippen LogP) is 2.99. The first-order valence-corrected chi connectivity index (χ1v) is 8.20. The normalized spacial score (nSPS) is 17.9. The monoisotopic (exact) mass is 365 g/mol. The zero-order chi connectivity index (χ0) is 15.9. The highest BCUT2D eigenvalue weighted by molar-refractivity contribution is 9.10. The van der Waals surface area contributed by atoms with Gasteiger partial charge in [0.25, 0.3) is 0 Å². The molecule has 1 N–H and O–H groups in total. The second kappa shape index (κ2) is 8.08. The number of likely N-dealkylation sites (tertiary alicyclic amines) is 1. The van der Waals surface area contributed by atoms with Gasteiger partial charge in [0.15, 0.2) is 0 Å². The molecule has 2 heterocycles. The van der Waals surface area contributed by atoms with E-state index in [4.69, 9.17) is 0 Å². The first kappa shape index (κ1) is 16.7. The number of rotatable bonds is 5. The summed E-state index contributed by atoms with van der Waals surface area (Å²) in [6.45, 7) is 4.85. The number of aromatic nitrogens is 1. The van der Waals surface area contributed by atoms with E-state index < -0.39 is 0 Å². The minimum absolute atomic E-state index is 0.0731. The van der Waals surface area contributed by atoms with E-state index in [1.807, 2.05) is 6.07 Å². The Labute approximate surface area is 138 Å². The Balaban J connectivity index is 1.90. The standard InChI is InChI=1S/C16H20BrN3O2/c1-2-3-6-15(21)20-9-4-5-12(11-20)16(22)19-14-8-7-13(17)10-18-14/h2,7-8,10,12H,1,3-6,9,11H2,(H,18,19,22)/t12-/m0/s1. The number of pyridine rings is 1. The van der Waals surface area contributed by atoms with E-state index in [2.05, 4.69) is 32.8 Å². The average Bonchev–Trinajstić information content (AvgIpc) is 2.54. The Hall–Kier alpha value is -1.69. The molecule has 22 heavy (non-hydrogen) atoms. The minimum atomic E-state index is -0.174. The fraction of sp³-hybridized carbons (Fsp3) is 0.438. The van der Waals surface area contributed by atoms with E-state index >= 15 is 0 Å². The van der Waals surface area contributed by atoms with Crippen molar-refractivity contribution in [2.24, 2.45) is 5.92 Å². The molecule has 0 saturated carbocycles. The molecule has 1 aromatic rings. The van der Waals surface area contributed by atoms with Gasteiger partial charge >= 0.3 is 0 Å². The summed E-state index contributed by atoms with van der Waals surface area (Å²) in [5.41, 5.74) is 0. The molecule has 1 aliphatic rings. The number of halogens is 1. The number of nitrogens with zero attached hydrogens (tertiary/aromatic N) is 2. The number of hydrogen-bond acceptors (Lipinski definition) is 3. The van der Waals surface area contributed by atoms with Crippen molar-refractivity contribution < 1.29 is 9.59 Å². The number of amides is 2. The van der Waals surface area contributed by atoms with Crippen LogP contribution in [0.1, 0.15) is 25.7 Å². The van der Waals surface area contributed by atoms with E-state index in [0.717, 1.165) is 23.9 Å². The lowest BCUT2D eigenvalue weighted by molar-refractivity contribution is -0.134. The molecule has 0 spiro atoms. The molecule has 1 aromatic heterocycles. The van der Waals surface area contributed by atoms with Gasteiger partial charge in [-0.2, -0.15) is 0 Å². The maximum atomic E-state index is 12.3. The zero-order valence-corrected chi connectivity index (χ0v) is 14.0. The summed E-state index contributed by atoms with van der Waals surface area (Å²) in [7, 11) is 0. The van der Waals surface area contributed by atoms with Gasteiger partial charge in [0.05, 0.1) is 5.92 Å². The summed E-state index contributed by atoms with van der Waals surface area (Å²) in [5, 5.41) is 2.82. The van der Waals surface area contributed by atoms with Gasteiger partial charge in [-0.05, 0) is 47.3 Å². The van der Waals surface area contributed by atoms with Crippen LogP contribution in [-0.4, -0.2) is 34.8 Å². The highest BCUT2D eigenvalue weighted by Crippen LogP contribution is 2.19. The van der Waals surface area contributed by atoms with Crippen LogP contribution >= 0.6 is 15.9 Å². The van der Waals surface area contributed by atoms with E-state index in [1.54, 1.807) is 23.2 Å². The van der Waals surface area contributed by atoms with Gasteiger partial charge in [-0.3, -0.25) is 9.59 Å². The predicted molar refractivity (Wildman–Crippen MR) is 89.3 cm³/mol. The Morgan fingerprint density at radius 2 is 2.32 bits per heavy atom. The lowest BCUT2D eigenvalue weighted by Crippen LogP contribution is -2.43. The summed E-state index contributed by atoms with van der Waals surface area (Å²) in [6.07, 6.45) is 6.17. The Bertz CT molecular complexity index is 545. The van der Waals surface area contributed by atoms with Crippen LogP contribution in [0.25, 0.3) is 0 Å². The van der Waals surface area contributed by atoms with Crippen LogP contribution < -0.4 is 5.32 Å². The first-order valence-electron chi connectivity index (χ1n) is 7.41. The van der Waals surface area contributed by atoms with Crippen molar-refractivity contribution in [3.8, 4) is 0 Å². The molecule has 5 nitrogen and oxygen atoms in total. The number of allylic oxidation sites excluding steroid dienone is 1. The molecule has 2 rings (SSSR count). The first-order chi connectivity index (χ1) is 10.6. The van der Waals surface area contributed by atoms with Crippen LogP contribution in [0, 0.1) is 5.92 Å². The van der Waals surface area contributed by atoms with Gasteiger partial charge < -0.3 is 10.2 Å². The molecule has 118 valence electrons. The van der Waals surface area contributed by atoms with Gasteiger partial charge in [0.2, 0.25) is 11.8 Å². The molecule has 1 atom stereocenters. The second-order valence-corrected chi connectivity index (χ2v) is 6.27. The van der Waals surface area contributed by atoms with Gasteiger partial charge in [-0.15, -0.1) is 6.58 Å². The molecule has 0 bridgehead atoms. The third kappa shape index (κ3) is 4.66. The van der Waals surface area contributed by atoms with Crippen molar-refractivity contribution in [3.63, 3.8) is 0 Å². The molecule has 1 saturated heterocycles. The summed E-state index contributed by atoms with van der Waals surface area (Å²) in [6, 6.07) is 3.58. The maximum absolute atomic E-state index is 12.3. The van der Waals surface area contributed by atoms with Crippen LogP contribution in [0.2, 0.25) is 0 Å². The van der Waals surface area contributed by atoms with Gasteiger partial charge in [-0.1, -0.05) is 6.08 Å². The molecular formula is C16H20BrN3O2. The van der Waals surface area contributed by atoms with Crippen molar-refractivity contribution >= 4 is 33.6 Å². The van der Waals surface area contributed by atoms with E-state index in [1.165, 1.54) is 0 Å². The molecular weight excluding hydrogens is 346 g/mol. The highest BCUT2D eigenvalue weighted by atomic mass is 79.9. The largest absolute Gasteiger partial charge is 0.342 e. The molecule has 2 amide bonds. The number of carbonyl (C=O) groups is 2. The quantitative estimate of drug-likeness (QED) is 0.815. The van der Waals surface area contributed by atoms with Crippen molar-refractivity contribution in [3.05, 3.63) is 35.5 Å². The summed E-state index contributed by atoms with van der Waals surface area (Å²) < 4.78 is 0.863. The third-order valence-corrected chi connectivity index (χ3v) is 4.15. The van der Waals surface area contributed by atoms with Crippen molar-refractivity contribution in [2.75, 3.05) is 18.4 Å². The highest BCUT2D eigenvalue weighted by Gasteiger charge is 2.28. The van der Waals surface area contributed by atoms with E-state index in [-0.39, 0.29) is 17.7 Å². The Kier molecular flexibility index (Phi) is 6.12. The fourth-order valence-corrected chi connectivity index (χ4v) is 2.71. The Morgan fingerprint density at radius 1 is 1.50 bits per heavy atom. The topological polar surface area (TPSA) is 62.3 Å². The summed E-state index contributed by atoms with van der Waals surface area (Å²) in [4.78, 5) is 30.3. The van der Waals surface area contributed by atoms with Gasteiger partial charge in [0, 0.05) is 30.2 Å². The Morgan fingerprint density at radius 3 is 3.00 bits per heavy atom. The third-order valence-electron chi connectivity index (χ3n) is 3.69. The molecule has 6 heteroatoms. The molecule has 1 fully saturated rings. The van der Waals surface area contributed by atoms with E-state index in [0.29, 0.717) is 25.2 Å². The number of nitrogens with one attached hydrogen (secondary N) is 1. The van der Waals surface area contributed by atoms with Gasteiger partial charge in [-0.25, -0.2) is 4.98 Å². The number of carbonyl (C=O) groups excluding carboxylic acids is 2. The minimum Gasteiger partial charge on any atom is -0.342 e.